The third kappa shape index (κ3) is 4.67. The van der Waals surface area contributed by atoms with Crippen LogP contribution in [0.3, 0.4) is 0 Å². The third-order valence-electron chi connectivity index (χ3n) is 3.08. The van der Waals surface area contributed by atoms with Gasteiger partial charge in [0.25, 0.3) is 0 Å². The van der Waals surface area contributed by atoms with Crippen LogP contribution in [0.1, 0.15) is 39.7 Å². The van der Waals surface area contributed by atoms with Crippen LogP contribution in [-0.2, 0) is 0 Å². The van der Waals surface area contributed by atoms with E-state index in [1.165, 1.54) is 0 Å². The molecule has 0 fully saturated rings. The minimum absolute atomic E-state index is 0.0540. The van der Waals surface area contributed by atoms with E-state index in [9.17, 15) is 5.11 Å². The van der Waals surface area contributed by atoms with Crippen LogP contribution < -0.4 is 10.6 Å². The van der Waals surface area contributed by atoms with Gasteiger partial charge in [0.2, 0.25) is 5.95 Å². The highest BCUT2D eigenvalue weighted by Crippen LogP contribution is 2.26. The van der Waals surface area contributed by atoms with E-state index in [1.807, 2.05) is 20.0 Å². The number of rotatable bonds is 6. The van der Waals surface area contributed by atoms with Gasteiger partial charge in [-0.25, -0.2) is 4.98 Å². The molecule has 3 N–H and O–H groups in total. The Kier molecular flexibility index (Phi) is 5.54. The van der Waals surface area contributed by atoms with Gasteiger partial charge >= 0.3 is 0 Å². The lowest BCUT2D eigenvalue weighted by molar-refractivity contribution is 0.235. The molecule has 0 saturated heterocycles. The molecule has 0 aliphatic carbocycles. The molecule has 1 heterocycles. The Balaban J connectivity index is 2.91. The summed E-state index contributed by atoms with van der Waals surface area (Å²) in [5, 5.41) is 15.7. The quantitative estimate of drug-likeness (QED) is 0.737. The molecule has 1 aromatic heterocycles. The Morgan fingerprint density at radius 2 is 2.05 bits per heavy atom. The molecule has 1 aromatic rings. The van der Waals surface area contributed by atoms with Crippen LogP contribution in [0.15, 0.2) is 6.20 Å². The van der Waals surface area contributed by atoms with E-state index in [0.717, 1.165) is 17.9 Å². The maximum absolute atomic E-state index is 9.20. The summed E-state index contributed by atoms with van der Waals surface area (Å²) in [5.74, 6) is 1.46. The van der Waals surface area contributed by atoms with Gasteiger partial charge < -0.3 is 15.7 Å². The molecule has 0 aromatic carbocycles. The zero-order valence-corrected chi connectivity index (χ0v) is 12.6. The summed E-state index contributed by atoms with van der Waals surface area (Å²) in [6.45, 7) is 11.4. The highest BCUT2D eigenvalue weighted by atomic mass is 16.3. The Morgan fingerprint density at radius 3 is 2.58 bits per heavy atom. The van der Waals surface area contributed by atoms with Gasteiger partial charge in [-0.2, -0.15) is 4.98 Å². The summed E-state index contributed by atoms with van der Waals surface area (Å²) in [6.07, 6.45) is 2.51. The van der Waals surface area contributed by atoms with Crippen molar-refractivity contribution in [3.05, 3.63) is 11.8 Å². The lowest BCUT2D eigenvalue weighted by atomic mass is 9.85. The molecule has 0 amide bonds. The van der Waals surface area contributed by atoms with Crippen LogP contribution >= 0.6 is 0 Å². The normalized spacial score (nSPS) is 13.2. The molecule has 0 spiro atoms. The van der Waals surface area contributed by atoms with Crippen LogP contribution in [0.25, 0.3) is 0 Å². The number of hydrogen-bond donors (Lipinski definition) is 3. The molecule has 1 atom stereocenters. The maximum Gasteiger partial charge on any atom is 0.224 e. The van der Waals surface area contributed by atoms with E-state index in [2.05, 4.69) is 41.4 Å². The smallest absolute Gasteiger partial charge is 0.224 e. The van der Waals surface area contributed by atoms with Crippen molar-refractivity contribution < 1.29 is 5.11 Å². The number of anilines is 2. The lowest BCUT2D eigenvalue weighted by Crippen LogP contribution is -2.35. The fourth-order valence-corrected chi connectivity index (χ4v) is 1.85. The Labute approximate surface area is 115 Å². The van der Waals surface area contributed by atoms with Crippen molar-refractivity contribution in [1.82, 2.24) is 9.97 Å². The SMILES string of the molecule is CCNc1ncc(C)c(NC(CCO)C(C)(C)C)n1. The van der Waals surface area contributed by atoms with E-state index >= 15 is 0 Å². The van der Waals surface area contributed by atoms with Gasteiger partial charge in [0.15, 0.2) is 0 Å². The van der Waals surface area contributed by atoms with Gasteiger partial charge in [0.05, 0.1) is 0 Å². The Morgan fingerprint density at radius 1 is 1.37 bits per heavy atom. The van der Waals surface area contributed by atoms with Crippen LogP contribution in [-0.4, -0.2) is 34.3 Å². The van der Waals surface area contributed by atoms with Gasteiger partial charge in [0, 0.05) is 31.0 Å². The van der Waals surface area contributed by atoms with E-state index in [0.29, 0.717) is 12.4 Å². The first-order chi connectivity index (χ1) is 8.88. The monoisotopic (exact) mass is 266 g/mol. The predicted molar refractivity (Wildman–Crippen MR) is 79.5 cm³/mol. The van der Waals surface area contributed by atoms with Crippen molar-refractivity contribution in [2.24, 2.45) is 5.41 Å². The summed E-state index contributed by atoms with van der Waals surface area (Å²) in [7, 11) is 0. The number of aliphatic hydroxyl groups excluding tert-OH is 1. The summed E-state index contributed by atoms with van der Waals surface area (Å²) >= 11 is 0. The van der Waals surface area contributed by atoms with Crippen molar-refractivity contribution >= 4 is 11.8 Å². The predicted octanol–water partition coefficient (Wildman–Crippen LogP) is 2.43. The Bertz CT molecular complexity index is 401. The summed E-state index contributed by atoms with van der Waals surface area (Å²) in [5.41, 5.74) is 1.06. The zero-order chi connectivity index (χ0) is 14.5. The molecule has 19 heavy (non-hydrogen) atoms. The van der Waals surface area contributed by atoms with Gasteiger partial charge in [-0.1, -0.05) is 20.8 Å². The first-order valence-electron chi connectivity index (χ1n) is 6.83. The molecule has 108 valence electrons. The number of aryl methyl sites for hydroxylation is 1. The van der Waals surface area contributed by atoms with Gasteiger partial charge in [-0.3, -0.25) is 0 Å². The number of aromatic nitrogens is 2. The van der Waals surface area contributed by atoms with Gasteiger partial charge in [-0.05, 0) is 25.7 Å². The highest BCUT2D eigenvalue weighted by molar-refractivity contribution is 5.47. The Hall–Kier alpha value is -1.36. The summed E-state index contributed by atoms with van der Waals surface area (Å²) < 4.78 is 0. The molecule has 0 aliphatic heterocycles. The fraction of sp³-hybridized carbons (Fsp3) is 0.714. The number of nitrogens with zero attached hydrogens (tertiary/aromatic N) is 2. The third-order valence-corrected chi connectivity index (χ3v) is 3.08. The second kappa shape index (κ2) is 6.70. The molecule has 5 heteroatoms. The van der Waals surface area contributed by atoms with Crippen molar-refractivity contribution in [1.29, 1.82) is 0 Å². The number of aliphatic hydroxyl groups is 1. The minimum atomic E-state index is 0.0540. The van der Waals surface area contributed by atoms with Gasteiger partial charge in [-0.15, -0.1) is 0 Å². The first-order valence-corrected chi connectivity index (χ1v) is 6.83. The fourth-order valence-electron chi connectivity index (χ4n) is 1.85. The second-order valence-electron chi connectivity index (χ2n) is 5.83. The van der Waals surface area contributed by atoms with Crippen LogP contribution in [0.2, 0.25) is 0 Å². The van der Waals surface area contributed by atoms with Crippen LogP contribution in [0.5, 0.6) is 0 Å². The molecular weight excluding hydrogens is 240 g/mol. The average molecular weight is 266 g/mol. The largest absolute Gasteiger partial charge is 0.396 e. The first kappa shape index (κ1) is 15.7. The molecule has 1 rings (SSSR count). The lowest BCUT2D eigenvalue weighted by Gasteiger charge is -2.32. The number of hydrogen-bond acceptors (Lipinski definition) is 5. The number of nitrogens with one attached hydrogen (secondary N) is 2. The standard InChI is InChI=1S/C14H26N4O/c1-6-15-13-16-9-10(2)12(18-13)17-11(7-8-19)14(3,4)5/h9,11,19H,6-8H2,1-5H3,(H2,15,16,17,18). The van der Waals surface area contributed by atoms with Crippen molar-refractivity contribution in [3.63, 3.8) is 0 Å². The minimum Gasteiger partial charge on any atom is -0.396 e. The van der Waals surface area contributed by atoms with E-state index < -0.39 is 0 Å². The summed E-state index contributed by atoms with van der Waals surface area (Å²) in [6, 6.07) is 0.167. The highest BCUT2D eigenvalue weighted by Gasteiger charge is 2.24. The molecule has 0 bridgehead atoms. The van der Waals surface area contributed by atoms with E-state index in [4.69, 9.17) is 0 Å². The van der Waals surface area contributed by atoms with Crippen molar-refractivity contribution in [2.75, 3.05) is 23.8 Å². The van der Waals surface area contributed by atoms with Crippen LogP contribution in [0, 0.1) is 12.3 Å². The van der Waals surface area contributed by atoms with Gasteiger partial charge in [0.1, 0.15) is 5.82 Å². The van der Waals surface area contributed by atoms with Crippen molar-refractivity contribution in [2.45, 2.75) is 47.1 Å². The van der Waals surface area contributed by atoms with Crippen LogP contribution in [0.4, 0.5) is 11.8 Å². The van der Waals surface area contributed by atoms with E-state index in [1.54, 1.807) is 0 Å². The molecule has 5 nitrogen and oxygen atoms in total. The molecule has 0 saturated carbocycles. The molecule has 0 radical (unpaired) electrons. The van der Waals surface area contributed by atoms with Crippen molar-refractivity contribution in [3.8, 4) is 0 Å². The summed E-state index contributed by atoms with van der Waals surface area (Å²) in [4.78, 5) is 8.72. The second-order valence-corrected chi connectivity index (χ2v) is 5.83. The molecular formula is C14H26N4O. The molecule has 1 unspecified atom stereocenters. The average Bonchev–Trinajstić information content (AvgIpc) is 2.32. The molecule has 0 aliphatic rings. The maximum atomic E-state index is 9.20. The topological polar surface area (TPSA) is 70.1 Å². The zero-order valence-electron chi connectivity index (χ0n) is 12.6. The van der Waals surface area contributed by atoms with E-state index in [-0.39, 0.29) is 18.1 Å².